The van der Waals surface area contributed by atoms with Gasteiger partial charge in [-0.3, -0.25) is 9.25 Å². The number of ether oxygens (including phenoxy) is 1. The fourth-order valence-corrected chi connectivity index (χ4v) is 6.56. The third kappa shape index (κ3) is 5.97. The van der Waals surface area contributed by atoms with E-state index in [2.05, 4.69) is 29.9 Å². The maximum Gasteiger partial charge on any atom is 0.573 e. The van der Waals surface area contributed by atoms with Crippen molar-refractivity contribution in [3.8, 4) is 22.7 Å². The Morgan fingerprint density at radius 2 is 1.63 bits per heavy atom. The van der Waals surface area contributed by atoms with E-state index in [0.717, 1.165) is 29.5 Å². The Bertz CT molecular complexity index is 1640. The smallest absolute Gasteiger partial charge is 0.406 e. The Morgan fingerprint density at radius 1 is 0.976 bits per heavy atom. The molecule has 0 atom stereocenters. The first-order chi connectivity index (χ1) is 19.1. The maximum absolute atomic E-state index is 12.6. The summed E-state index contributed by atoms with van der Waals surface area (Å²) in [7, 11) is 1.67. The lowest BCUT2D eigenvalue weighted by Crippen LogP contribution is -2.53. The van der Waals surface area contributed by atoms with Crippen LogP contribution in [0.25, 0.3) is 28.0 Å². The van der Waals surface area contributed by atoms with Crippen molar-refractivity contribution in [1.29, 1.82) is 0 Å². The maximum atomic E-state index is 12.6. The van der Waals surface area contributed by atoms with Crippen LogP contribution in [0.5, 0.6) is 5.75 Å². The number of halogens is 3. The molecule has 1 fully saturated rings. The van der Waals surface area contributed by atoms with Crippen LogP contribution in [0.4, 0.5) is 13.2 Å². The van der Waals surface area contributed by atoms with E-state index in [1.165, 1.54) is 20.7 Å². The summed E-state index contributed by atoms with van der Waals surface area (Å²) in [5.74, 6) is -0.138. The summed E-state index contributed by atoms with van der Waals surface area (Å²) in [5.41, 5.74) is 3.76. The van der Waals surface area contributed by atoms with Gasteiger partial charge in [-0.15, -0.1) is 13.2 Å². The van der Waals surface area contributed by atoms with E-state index >= 15 is 0 Å². The first-order valence-corrected chi connectivity index (χ1v) is 14.6. The first-order valence-electron chi connectivity index (χ1n) is 13.2. The van der Waals surface area contributed by atoms with E-state index in [0.29, 0.717) is 30.0 Å². The van der Waals surface area contributed by atoms with Crippen molar-refractivity contribution in [3.05, 3.63) is 60.6 Å². The number of alkyl halides is 3. The van der Waals surface area contributed by atoms with Crippen LogP contribution in [0.15, 0.2) is 55.0 Å². The largest absolute Gasteiger partial charge is 0.573 e. The van der Waals surface area contributed by atoms with Crippen molar-refractivity contribution < 1.29 is 26.3 Å². The van der Waals surface area contributed by atoms with Crippen molar-refractivity contribution in [1.82, 2.24) is 27.9 Å². The SMILES string of the molecule is CN1CC(C(C)(C)CCc2cn(-c3cnn(C)c3)c3nc(-c4ccc(OC(F)(F)F)cc4)ccc23)CN(C)S1(=O)=O. The van der Waals surface area contributed by atoms with Crippen LogP contribution in [-0.4, -0.2) is 69.9 Å². The van der Waals surface area contributed by atoms with Crippen LogP contribution in [-0.2, 0) is 23.7 Å². The van der Waals surface area contributed by atoms with E-state index < -0.39 is 16.6 Å². The molecule has 0 amide bonds. The summed E-state index contributed by atoms with van der Waals surface area (Å²) >= 11 is 0. The zero-order valence-corrected chi connectivity index (χ0v) is 24.4. The monoisotopic (exact) mass is 590 g/mol. The number of aryl methyl sites for hydroxylation is 2. The lowest BCUT2D eigenvalue weighted by atomic mass is 9.74. The minimum absolute atomic E-state index is 0.144. The van der Waals surface area contributed by atoms with Crippen LogP contribution < -0.4 is 4.74 Å². The zero-order valence-electron chi connectivity index (χ0n) is 23.6. The van der Waals surface area contributed by atoms with Gasteiger partial charge in [0.15, 0.2) is 0 Å². The number of benzene rings is 1. The van der Waals surface area contributed by atoms with E-state index in [9.17, 15) is 21.6 Å². The molecule has 3 aromatic heterocycles. The molecule has 0 N–H and O–H groups in total. The van der Waals surface area contributed by atoms with Gasteiger partial charge in [-0.25, -0.2) is 4.98 Å². The molecule has 0 radical (unpaired) electrons. The summed E-state index contributed by atoms with van der Waals surface area (Å²) in [5, 5.41) is 5.27. The Balaban J connectivity index is 1.45. The van der Waals surface area contributed by atoms with Gasteiger partial charge in [0.1, 0.15) is 11.4 Å². The molecule has 13 heteroatoms. The molecule has 1 aromatic carbocycles. The minimum atomic E-state index is -4.76. The third-order valence-corrected chi connectivity index (χ3v) is 9.85. The molecular weight excluding hydrogens is 557 g/mol. The predicted octanol–water partition coefficient (Wildman–Crippen LogP) is 5.02. The Hall–Kier alpha value is -3.42. The summed E-state index contributed by atoms with van der Waals surface area (Å²) in [6.45, 7) is 5.30. The molecule has 220 valence electrons. The van der Waals surface area contributed by atoms with Gasteiger partial charge in [-0.05, 0) is 66.1 Å². The van der Waals surface area contributed by atoms with Crippen LogP contribution in [0, 0.1) is 11.3 Å². The number of pyridine rings is 1. The van der Waals surface area contributed by atoms with Crippen molar-refractivity contribution >= 4 is 21.2 Å². The molecule has 0 saturated carbocycles. The zero-order chi connectivity index (χ0) is 29.7. The molecule has 4 heterocycles. The second kappa shape index (κ2) is 10.4. The first kappa shape index (κ1) is 29.1. The number of hydrogen-bond donors (Lipinski definition) is 0. The van der Waals surface area contributed by atoms with Gasteiger partial charge < -0.3 is 4.74 Å². The van der Waals surface area contributed by atoms with Crippen molar-refractivity contribution in [3.63, 3.8) is 0 Å². The van der Waals surface area contributed by atoms with Crippen LogP contribution in [0.1, 0.15) is 25.8 Å². The standard InChI is InChI=1S/C28H33F3N6O3S/c1-27(2,21-16-35(4)41(38,39)36(5)17-21)13-12-20-15-37(22-14-32-34(3)18-22)26-24(20)10-11-25(33-26)19-6-8-23(9-7-19)40-28(29,30)31/h6-11,14-15,18,21H,12-13,16-17H2,1-5H3. The van der Waals surface area contributed by atoms with Gasteiger partial charge in [-0.1, -0.05) is 13.8 Å². The Labute approximate surface area is 237 Å². The number of fused-ring (bicyclic) bond motifs is 1. The van der Waals surface area contributed by atoms with Crippen molar-refractivity contribution in [2.75, 3.05) is 27.2 Å². The summed E-state index contributed by atoms with van der Waals surface area (Å²) in [4.78, 5) is 4.91. The fraction of sp³-hybridized carbons (Fsp3) is 0.429. The Morgan fingerprint density at radius 3 is 2.22 bits per heavy atom. The molecular formula is C28H33F3N6O3S. The molecule has 0 bridgehead atoms. The molecule has 9 nitrogen and oxygen atoms in total. The normalized spacial score (nSPS) is 17.4. The molecule has 1 aliphatic rings. The van der Waals surface area contributed by atoms with Crippen LogP contribution in [0.3, 0.4) is 0 Å². The molecule has 4 aromatic rings. The highest BCUT2D eigenvalue weighted by Gasteiger charge is 2.40. The van der Waals surface area contributed by atoms with Crippen LogP contribution in [0.2, 0.25) is 0 Å². The van der Waals surface area contributed by atoms with Gasteiger partial charge >= 0.3 is 6.36 Å². The summed E-state index contributed by atoms with van der Waals surface area (Å²) < 4.78 is 73.1. The summed E-state index contributed by atoms with van der Waals surface area (Å²) in [6.07, 6.45) is 2.51. The molecule has 0 unspecified atom stereocenters. The quantitative estimate of drug-likeness (QED) is 0.302. The van der Waals surface area contributed by atoms with E-state index in [1.807, 2.05) is 29.9 Å². The average molecular weight is 591 g/mol. The van der Waals surface area contributed by atoms with Gasteiger partial charge in [0.05, 0.1) is 17.6 Å². The van der Waals surface area contributed by atoms with Gasteiger partial charge in [-0.2, -0.15) is 22.1 Å². The van der Waals surface area contributed by atoms with E-state index in [4.69, 9.17) is 4.98 Å². The van der Waals surface area contributed by atoms with Gasteiger partial charge in [0.2, 0.25) is 0 Å². The predicted molar refractivity (Wildman–Crippen MR) is 150 cm³/mol. The topological polar surface area (TPSA) is 85.5 Å². The fourth-order valence-electron chi connectivity index (χ4n) is 5.35. The van der Waals surface area contributed by atoms with Gasteiger partial charge in [0, 0.05) is 57.6 Å². The molecule has 1 saturated heterocycles. The molecule has 0 aliphatic carbocycles. The second-order valence-electron chi connectivity index (χ2n) is 11.3. The average Bonchev–Trinajstić information content (AvgIpc) is 3.48. The highest BCUT2D eigenvalue weighted by Crippen LogP contribution is 2.38. The number of nitrogens with zero attached hydrogens (tertiary/aromatic N) is 6. The highest BCUT2D eigenvalue weighted by atomic mass is 32.2. The van der Waals surface area contributed by atoms with Crippen molar-refractivity contribution in [2.24, 2.45) is 18.4 Å². The lowest BCUT2D eigenvalue weighted by Gasteiger charge is -2.43. The van der Waals surface area contributed by atoms with E-state index in [1.54, 1.807) is 37.1 Å². The highest BCUT2D eigenvalue weighted by molar-refractivity contribution is 7.86. The van der Waals surface area contributed by atoms with E-state index in [-0.39, 0.29) is 17.1 Å². The van der Waals surface area contributed by atoms with Gasteiger partial charge in [0.25, 0.3) is 10.2 Å². The number of hydrogen-bond acceptors (Lipinski definition) is 5. The molecule has 41 heavy (non-hydrogen) atoms. The second-order valence-corrected chi connectivity index (χ2v) is 13.4. The third-order valence-electron chi connectivity index (χ3n) is 7.97. The summed E-state index contributed by atoms with van der Waals surface area (Å²) in [6, 6.07) is 9.49. The minimum Gasteiger partial charge on any atom is -0.406 e. The Kier molecular flexibility index (Phi) is 7.41. The molecule has 5 rings (SSSR count). The molecule has 1 aliphatic heterocycles. The molecule has 0 spiro atoms. The lowest BCUT2D eigenvalue weighted by molar-refractivity contribution is -0.274. The van der Waals surface area contributed by atoms with Crippen LogP contribution >= 0.6 is 0 Å². The van der Waals surface area contributed by atoms with Crippen molar-refractivity contribution in [2.45, 2.75) is 33.1 Å². The number of aromatic nitrogens is 4. The number of rotatable bonds is 7.